The molecule has 0 radical (unpaired) electrons. The van der Waals surface area contributed by atoms with Gasteiger partial charge in [0.15, 0.2) is 0 Å². The fourth-order valence-electron chi connectivity index (χ4n) is 1.11. The molecule has 1 aromatic rings. The molecule has 1 rings (SSSR count). The molecule has 1 aromatic carbocycles. The molecule has 0 unspecified atom stereocenters. The largest absolute Gasteiger partial charge is 0.416 e. The first-order valence-electron chi connectivity index (χ1n) is 4.91. The highest BCUT2D eigenvalue weighted by molar-refractivity contribution is 5.73. The van der Waals surface area contributed by atoms with Gasteiger partial charge in [0.05, 0.1) is 17.7 Å². The van der Waals surface area contributed by atoms with Crippen molar-refractivity contribution in [3.63, 3.8) is 0 Å². The smallest absolute Gasteiger partial charge is 0.345 e. The monoisotopic (exact) mass is 259 g/mol. The maximum atomic E-state index is 13.2. The molecule has 0 fully saturated rings. The van der Waals surface area contributed by atoms with E-state index in [0.717, 1.165) is 0 Å². The van der Waals surface area contributed by atoms with Crippen molar-refractivity contribution in [2.24, 2.45) is 0 Å². The quantitative estimate of drug-likeness (QED) is 0.608. The molecule has 0 aliphatic carbocycles. The van der Waals surface area contributed by atoms with Gasteiger partial charge in [-0.25, -0.2) is 4.39 Å². The third-order valence-electron chi connectivity index (χ3n) is 1.94. The van der Waals surface area contributed by atoms with E-state index < -0.39 is 17.6 Å². The Morgan fingerprint density at radius 1 is 1.39 bits per heavy atom. The normalized spacial score (nSPS) is 10.5. The molecular weight excluding hydrogens is 250 g/mol. The Hall–Kier alpha value is -2.03. The van der Waals surface area contributed by atoms with E-state index in [4.69, 9.17) is 0 Å². The summed E-state index contributed by atoms with van der Waals surface area (Å²) in [4.78, 5) is 10.5. The van der Waals surface area contributed by atoms with E-state index in [9.17, 15) is 22.4 Å². The molecule has 0 bridgehead atoms. The van der Waals surface area contributed by atoms with E-state index >= 15 is 0 Å². The Labute approximate surface area is 101 Å². The minimum absolute atomic E-state index is 0.0506. The van der Waals surface area contributed by atoms with Crippen LogP contribution in [0.5, 0.6) is 0 Å². The van der Waals surface area contributed by atoms with Gasteiger partial charge >= 0.3 is 6.18 Å². The number of benzene rings is 1. The molecule has 1 N–H and O–H groups in total. The molecule has 6 heteroatoms. The van der Waals surface area contributed by atoms with Crippen LogP contribution in [0.4, 0.5) is 17.6 Å². The maximum Gasteiger partial charge on any atom is 0.416 e. The van der Waals surface area contributed by atoms with Gasteiger partial charge in [0, 0.05) is 6.92 Å². The Bertz CT molecular complexity index is 511. The minimum atomic E-state index is -4.54. The summed E-state index contributed by atoms with van der Waals surface area (Å²) in [6.45, 7) is 1.22. The molecule has 0 aliphatic rings. The van der Waals surface area contributed by atoms with Crippen LogP contribution in [0.1, 0.15) is 18.1 Å². The van der Waals surface area contributed by atoms with Gasteiger partial charge < -0.3 is 5.32 Å². The summed E-state index contributed by atoms with van der Waals surface area (Å²) in [5.41, 5.74) is -1.32. The van der Waals surface area contributed by atoms with E-state index in [1.165, 1.54) is 6.92 Å². The lowest BCUT2D eigenvalue weighted by atomic mass is 10.1. The highest BCUT2D eigenvalue weighted by Crippen LogP contribution is 2.30. The second-order valence-corrected chi connectivity index (χ2v) is 3.40. The molecule has 0 spiro atoms. The Kier molecular flexibility index (Phi) is 4.32. The van der Waals surface area contributed by atoms with Gasteiger partial charge in [-0.3, -0.25) is 4.79 Å². The van der Waals surface area contributed by atoms with Crippen LogP contribution in [0.2, 0.25) is 0 Å². The Balaban J connectivity index is 2.91. The lowest BCUT2D eigenvalue weighted by molar-refractivity contribution is -0.137. The van der Waals surface area contributed by atoms with Crippen molar-refractivity contribution in [1.82, 2.24) is 5.32 Å². The summed E-state index contributed by atoms with van der Waals surface area (Å²) in [5, 5.41) is 2.32. The van der Waals surface area contributed by atoms with Crippen molar-refractivity contribution < 1.29 is 22.4 Å². The molecular formula is C12H9F4NO. The summed E-state index contributed by atoms with van der Waals surface area (Å²) in [7, 11) is 0. The van der Waals surface area contributed by atoms with E-state index in [2.05, 4.69) is 17.2 Å². The van der Waals surface area contributed by atoms with Crippen molar-refractivity contribution in [2.75, 3.05) is 6.54 Å². The van der Waals surface area contributed by atoms with Crippen LogP contribution in [0.15, 0.2) is 18.2 Å². The van der Waals surface area contributed by atoms with Crippen LogP contribution in [0, 0.1) is 17.7 Å². The molecule has 0 aromatic heterocycles. The third-order valence-corrected chi connectivity index (χ3v) is 1.94. The lowest BCUT2D eigenvalue weighted by Gasteiger charge is -2.06. The first-order chi connectivity index (χ1) is 8.30. The van der Waals surface area contributed by atoms with Gasteiger partial charge in [-0.15, -0.1) is 0 Å². The fraction of sp³-hybridized carbons (Fsp3) is 0.250. The number of alkyl halides is 3. The van der Waals surface area contributed by atoms with Crippen molar-refractivity contribution in [3.8, 4) is 11.8 Å². The average molecular weight is 259 g/mol. The van der Waals surface area contributed by atoms with Crippen LogP contribution in [-0.2, 0) is 11.0 Å². The predicted molar refractivity (Wildman–Crippen MR) is 57.0 cm³/mol. The zero-order valence-corrected chi connectivity index (χ0v) is 9.36. The van der Waals surface area contributed by atoms with Gasteiger partial charge in [-0.2, -0.15) is 13.2 Å². The topological polar surface area (TPSA) is 29.1 Å². The average Bonchev–Trinajstić information content (AvgIpc) is 2.24. The molecule has 1 amide bonds. The number of hydrogen-bond donors (Lipinski definition) is 1. The maximum absolute atomic E-state index is 13.2. The van der Waals surface area contributed by atoms with E-state index in [1.54, 1.807) is 0 Å². The number of rotatable bonds is 1. The summed E-state index contributed by atoms with van der Waals surface area (Å²) in [6, 6.07) is 2.00. The molecule has 0 heterocycles. The number of halogens is 4. The first kappa shape index (κ1) is 14.0. The molecule has 0 aliphatic heterocycles. The van der Waals surface area contributed by atoms with Crippen molar-refractivity contribution >= 4 is 5.91 Å². The Morgan fingerprint density at radius 3 is 2.61 bits per heavy atom. The van der Waals surface area contributed by atoms with Gasteiger partial charge in [-0.1, -0.05) is 11.8 Å². The summed E-state index contributed by atoms with van der Waals surface area (Å²) >= 11 is 0. The van der Waals surface area contributed by atoms with Crippen molar-refractivity contribution in [2.45, 2.75) is 13.1 Å². The fourth-order valence-corrected chi connectivity index (χ4v) is 1.11. The molecule has 0 saturated heterocycles. The lowest BCUT2D eigenvalue weighted by Crippen LogP contribution is -2.19. The van der Waals surface area contributed by atoms with Gasteiger partial charge in [-0.05, 0) is 18.2 Å². The van der Waals surface area contributed by atoms with Crippen LogP contribution >= 0.6 is 0 Å². The predicted octanol–water partition coefficient (Wildman–Crippen LogP) is 2.33. The number of carbonyl (C=O) groups excluding carboxylic acids is 1. The van der Waals surface area contributed by atoms with E-state index in [1.807, 2.05) is 0 Å². The third kappa shape index (κ3) is 4.09. The van der Waals surface area contributed by atoms with Crippen molar-refractivity contribution in [3.05, 3.63) is 35.1 Å². The number of carbonyl (C=O) groups is 1. The zero-order valence-electron chi connectivity index (χ0n) is 9.36. The number of hydrogen-bond acceptors (Lipinski definition) is 1. The highest BCUT2D eigenvalue weighted by atomic mass is 19.4. The first-order valence-corrected chi connectivity index (χ1v) is 4.91. The standard InChI is InChI=1S/C12H9F4NO/c1-8(18)17-6-2-3-9-7-10(12(14,15)16)4-5-11(9)13/h4-5,7H,6H2,1H3,(H,17,18). The van der Waals surface area contributed by atoms with Crippen LogP contribution in [0.25, 0.3) is 0 Å². The minimum Gasteiger partial charge on any atom is -0.345 e. The zero-order chi connectivity index (χ0) is 13.8. The van der Waals surface area contributed by atoms with Gasteiger partial charge in [0.25, 0.3) is 0 Å². The molecule has 0 atom stereocenters. The summed E-state index contributed by atoms with van der Waals surface area (Å²) < 4.78 is 50.3. The van der Waals surface area contributed by atoms with Crippen molar-refractivity contribution in [1.29, 1.82) is 0 Å². The molecule has 0 saturated carbocycles. The Morgan fingerprint density at radius 2 is 2.06 bits per heavy atom. The van der Waals surface area contributed by atoms with Crippen LogP contribution < -0.4 is 5.32 Å². The summed E-state index contributed by atoms with van der Waals surface area (Å²) in [5.74, 6) is 3.44. The molecule has 18 heavy (non-hydrogen) atoms. The van der Waals surface area contributed by atoms with Gasteiger partial charge in [0.1, 0.15) is 5.82 Å². The number of amides is 1. The van der Waals surface area contributed by atoms with Crippen LogP contribution in [-0.4, -0.2) is 12.5 Å². The van der Waals surface area contributed by atoms with Crippen LogP contribution in [0.3, 0.4) is 0 Å². The van der Waals surface area contributed by atoms with E-state index in [0.29, 0.717) is 18.2 Å². The second kappa shape index (κ2) is 5.54. The summed E-state index contributed by atoms with van der Waals surface area (Å²) in [6.07, 6.45) is -4.54. The molecule has 2 nitrogen and oxygen atoms in total. The number of nitrogens with one attached hydrogen (secondary N) is 1. The highest BCUT2D eigenvalue weighted by Gasteiger charge is 2.30. The second-order valence-electron chi connectivity index (χ2n) is 3.40. The van der Waals surface area contributed by atoms with Gasteiger partial charge in [0.2, 0.25) is 5.91 Å². The van der Waals surface area contributed by atoms with E-state index in [-0.39, 0.29) is 18.0 Å². The SMILES string of the molecule is CC(=O)NCC#Cc1cc(C(F)(F)F)ccc1F. The molecule has 96 valence electrons.